The number of nitro benzene ring substituents is 1. The molecule has 0 aliphatic rings. The van der Waals surface area contributed by atoms with Crippen molar-refractivity contribution in [3.05, 3.63) is 39.9 Å². The van der Waals surface area contributed by atoms with Crippen LogP contribution in [0.15, 0.2) is 24.3 Å². The molecular formula is C16H25ClN4O4S. The molecule has 146 valence electrons. The zero-order valence-corrected chi connectivity index (χ0v) is 16.6. The average molecular weight is 405 g/mol. The van der Waals surface area contributed by atoms with Gasteiger partial charge in [-0.25, -0.2) is 0 Å². The molecule has 4 N–H and O–H groups in total. The summed E-state index contributed by atoms with van der Waals surface area (Å²) in [5, 5.41) is 16.2. The minimum atomic E-state index is -0.735. The minimum absolute atomic E-state index is 0. The Balaban J connectivity index is 0.00000625. The zero-order chi connectivity index (χ0) is 19.0. The van der Waals surface area contributed by atoms with Gasteiger partial charge in [0.1, 0.15) is 6.04 Å². The number of hydrogen-bond donors (Lipinski definition) is 3. The molecule has 26 heavy (non-hydrogen) atoms. The number of nitrogens with one attached hydrogen (secondary N) is 2. The van der Waals surface area contributed by atoms with E-state index in [1.807, 2.05) is 6.26 Å². The van der Waals surface area contributed by atoms with E-state index in [1.54, 1.807) is 25.6 Å². The fourth-order valence-corrected chi connectivity index (χ4v) is 2.42. The number of halogens is 1. The van der Waals surface area contributed by atoms with Gasteiger partial charge in [0.25, 0.3) is 11.6 Å². The molecule has 1 aromatic rings. The van der Waals surface area contributed by atoms with Crippen LogP contribution in [-0.2, 0) is 4.79 Å². The molecule has 1 rings (SSSR count). The van der Waals surface area contributed by atoms with Crippen LogP contribution in [0.25, 0.3) is 0 Å². The molecule has 2 amide bonds. The lowest BCUT2D eigenvalue weighted by Crippen LogP contribution is -2.52. The topological polar surface area (TPSA) is 127 Å². The monoisotopic (exact) mass is 404 g/mol. The van der Waals surface area contributed by atoms with Crippen LogP contribution in [0.1, 0.15) is 30.6 Å². The summed E-state index contributed by atoms with van der Waals surface area (Å²) in [4.78, 5) is 34.9. The van der Waals surface area contributed by atoms with Gasteiger partial charge in [0.15, 0.2) is 0 Å². The lowest BCUT2D eigenvalue weighted by atomic mass is 10.1. The van der Waals surface area contributed by atoms with E-state index >= 15 is 0 Å². The predicted molar refractivity (Wildman–Crippen MR) is 106 cm³/mol. The van der Waals surface area contributed by atoms with Crippen molar-refractivity contribution in [3.8, 4) is 0 Å². The lowest BCUT2D eigenvalue weighted by molar-refractivity contribution is -0.384. The van der Waals surface area contributed by atoms with Crippen molar-refractivity contribution in [2.24, 2.45) is 5.73 Å². The molecule has 0 radical (unpaired) electrons. The molecule has 0 spiro atoms. The number of thioether (sulfide) groups is 1. The summed E-state index contributed by atoms with van der Waals surface area (Å²) < 4.78 is 0. The van der Waals surface area contributed by atoms with Crippen LogP contribution in [0.5, 0.6) is 0 Å². The third kappa shape index (κ3) is 8.50. The molecule has 0 saturated carbocycles. The first-order valence-corrected chi connectivity index (χ1v) is 9.14. The predicted octanol–water partition coefficient (Wildman–Crippen LogP) is 1.72. The van der Waals surface area contributed by atoms with Gasteiger partial charge in [-0.2, -0.15) is 11.8 Å². The van der Waals surface area contributed by atoms with Crippen LogP contribution in [-0.4, -0.2) is 46.9 Å². The second-order valence-electron chi connectivity index (χ2n) is 6.32. The van der Waals surface area contributed by atoms with E-state index in [0.717, 1.165) is 0 Å². The summed E-state index contributed by atoms with van der Waals surface area (Å²) in [6.45, 7) is 3.84. The van der Waals surface area contributed by atoms with Crippen molar-refractivity contribution in [2.75, 3.05) is 18.6 Å². The highest BCUT2D eigenvalue weighted by Gasteiger charge is 2.23. The van der Waals surface area contributed by atoms with Crippen molar-refractivity contribution in [1.29, 1.82) is 0 Å². The van der Waals surface area contributed by atoms with Gasteiger partial charge < -0.3 is 16.4 Å². The smallest absolute Gasteiger partial charge is 0.270 e. The minimum Gasteiger partial charge on any atom is -0.352 e. The van der Waals surface area contributed by atoms with Crippen molar-refractivity contribution in [1.82, 2.24) is 10.6 Å². The van der Waals surface area contributed by atoms with E-state index < -0.39 is 22.4 Å². The maximum absolute atomic E-state index is 12.4. The Labute approximate surface area is 163 Å². The molecule has 1 unspecified atom stereocenters. The molecule has 1 atom stereocenters. The fraction of sp³-hybridized carbons (Fsp3) is 0.500. The van der Waals surface area contributed by atoms with Gasteiger partial charge in [0.05, 0.1) is 4.92 Å². The Morgan fingerprint density at radius 2 is 2.04 bits per heavy atom. The standard InChI is InChI=1S/C16H24N4O4S.ClH/c1-16(2,17)10-18-15(22)13(7-8-25-3)19-14(21)11-5-4-6-12(9-11)20(23)24;/h4-6,9,13H,7-8,10,17H2,1-3H3,(H,18,22)(H,19,21);1H. The number of amides is 2. The SMILES string of the molecule is CSCCC(NC(=O)c1cccc([N+](=O)[O-])c1)C(=O)NCC(C)(C)N.Cl. The van der Waals surface area contributed by atoms with E-state index in [9.17, 15) is 19.7 Å². The van der Waals surface area contributed by atoms with Crippen LogP contribution < -0.4 is 16.4 Å². The number of nitrogens with zero attached hydrogens (tertiary/aromatic N) is 1. The van der Waals surface area contributed by atoms with Crippen molar-refractivity contribution in [2.45, 2.75) is 31.8 Å². The Morgan fingerprint density at radius 3 is 2.58 bits per heavy atom. The van der Waals surface area contributed by atoms with E-state index in [0.29, 0.717) is 12.2 Å². The summed E-state index contributed by atoms with van der Waals surface area (Å²) in [7, 11) is 0. The second-order valence-corrected chi connectivity index (χ2v) is 7.31. The molecule has 0 bridgehead atoms. The summed E-state index contributed by atoms with van der Waals surface area (Å²) >= 11 is 1.55. The van der Waals surface area contributed by atoms with Gasteiger partial charge in [0, 0.05) is 29.8 Å². The highest BCUT2D eigenvalue weighted by Crippen LogP contribution is 2.13. The number of carbonyl (C=O) groups excluding carboxylic acids is 2. The largest absolute Gasteiger partial charge is 0.352 e. The van der Waals surface area contributed by atoms with Crippen LogP contribution in [0, 0.1) is 10.1 Å². The van der Waals surface area contributed by atoms with Crippen molar-refractivity contribution in [3.63, 3.8) is 0 Å². The zero-order valence-electron chi connectivity index (χ0n) is 15.0. The third-order valence-corrected chi connectivity index (χ3v) is 3.91. The van der Waals surface area contributed by atoms with Crippen molar-refractivity contribution >= 4 is 41.7 Å². The molecular weight excluding hydrogens is 380 g/mol. The number of non-ortho nitro benzene ring substituents is 1. The van der Waals surface area contributed by atoms with Gasteiger partial charge >= 0.3 is 0 Å². The van der Waals surface area contributed by atoms with Gasteiger partial charge in [-0.05, 0) is 38.3 Å². The van der Waals surface area contributed by atoms with E-state index in [1.165, 1.54) is 24.3 Å². The second kappa shape index (κ2) is 11.0. The molecule has 8 nitrogen and oxygen atoms in total. The van der Waals surface area contributed by atoms with E-state index in [-0.39, 0.29) is 36.1 Å². The average Bonchev–Trinajstić information content (AvgIpc) is 2.55. The first-order chi connectivity index (χ1) is 11.6. The molecule has 1 aromatic carbocycles. The third-order valence-electron chi connectivity index (χ3n) is 3.27. The number of nitrogens with two attached hydrogens (primary N) is 1. The number of benzene rings is 1. The molecule has 0 aromatic heterocycles. The van der Waals surface area contributed by atoms with Crippen molar-refractivity contribution < 1.29 is 14.5 Å². The van der Waals surface area contributed by atoms with Crippen LogP contribution in [0.4, 0.5) is 5.69 Å². The number of rotatable bonds is 9. The Bertz CT molecular complexity index is 637. The Kier molecular flexibility index (Phi) is 10.2. The number of carbonyl (C=O) groups is 2. The Morgan fingerprint density at radius 1 is 1.38 bits per heavy atom. The van der Waals surface area contributed by atoms with Gasteiger partial charge in [0.2, 0.25) is 5.91 Å². The van der Waals surface area contributed by atoms with Crippen LogP contribution >= 0.6 is 24.2 Å². The van der Waals surface area contributed by atoms with Crippen LogP contribution in [0.3, 0.4) is 0 Å². The Hall–Kier alpha value is -1.84. The maximum Gasteiger partial charge on any atom is 0.270 e. The normalized spacial score (nSPS) is 11.8. The highest BCUT2D eigenvalue weighted by atomic mass is 35.5. The van der Waals surface area contributed by atoms with E-state index in [4.69, 9.17) is 5.73 Å². The van der Waals surface area contributed by atoms with Gasteiger partial charge in [-0.15, -0.1) is 12.4 Å². The summed E-state index contributed by atoms with van der Waals surface area (Å²) in [5.74, 6) is -0.178. The van der Waals surface area contributed by atoms with Gasteiger partial charge in [-0.3, -0.25) is 19.7 Å². The molecule has 0 saturated heterocycles. The summed E-state index contributed by atoms with van der Waals surface area (Å²) in [5.41, 5.74) is 5.24. The first kappa shape index (κ1) is 24.2. The molecule has 0 heterocycles. The van der Waals surface area contributed by atoms with Crippen LogP contribution in [0.2, 0.25) is 0 Å². The summed E-state index contributed by atoms with van der Waals surface area (Å²) in [6, 6.07) is 4.65. The quantitative estimate of drug-likeness (QED) is 0.424. The summed E-state index contributed by atoms with van der Waals surface area (Å²) in [6.07, 6.45) is 2.35. The fourth-order valence-electron chi connectivity index (χ4n) is 1.94. The number of hydrogen-bond acceptors (Lipinski definition) is 6. The molecule has 0 fully saturated rings. The molecule has 0 aliphatic carbocycles. The highest BCUT2D eigenvalue weighted by molar-refractivity contribution is 7.98. The van der Waals surface area contributed by atoms with E-state index in [2.05, 4.69) is 10.6 Å². The molecule has 0 aliphatic heterocycles. The van der Waals surface area contributed by atoms with Gasteiger partial charge in [-0.1, -0.05) is 6.07 Å². The number of nitro groups is 1. The lowest BCUT2D eigenvalue weighted by Gasteiger charge is -2.23. The molecule has 10 heteroatoms. The maximum atomic E-state index is 12.4. The first-order valence-electron chi connectivity index (χ1n) is 7.75.